The first-order valence-corrected chi connectivity index (χ1v) is 5.30. The van der Waals surface area contributed by atoms with E-state index in [1.807, 2.05) is 18.2 Å². The van der Waals surface area contributed by atoms with E-state index >= 15 is 0 Å². The second kappa shape index (κ2) is 5.14. The predicted molar refractivity (Wildman–Crippen MR) is 63.0 cm³/mol. The maximum atomic E-state index is 5.88. The van der Waals surface area contributed by atoms with Crippen LogP contribution in [0.3, 0.4) is 0 Å². The van der Waals surface area contributed by atoms with Gasteiger partial charge in [-0.05, 0) is 40.3 Å². The fraction of sp³-hybridized carbons (Fsp3) is 0.333. The molecule has 0 fully saturated rings. The van der Waals surface area contributed by atoms with Crippen molar-refractivity contribution in [1.82, 2.24) is 0 Å². The van der Waals surface area contributed by atoms with Crippen molar-refractivity contribution in [2.24, 2.45) is 5.73 Å². The Morgan fingerprint density at radius 3 is 2.85 bits per heavy atom. The Hall–Kier alpha value is 0.160. The van der Waals surface area contributed by atoms with Crippen molar-refractivity contribution in [3.05, 3.63) is 32.4 Å². The molecular formula is C9H11ClINO. The number of nitrogens with two attached hydrogens (primary N) is 1. The Bertz CT molecular complexity index is 293. The van der Waals surface area contributed by atoms with Gasteiger partial charge >= 0.3 is 0 Å². The zero-order valence-corrected chi connectivity index (χ0v) is 10.2. The summed E-state index contributed by atoms with van der Waals surface area (Å²) in [5, 5.41) is 0.734. The average molecular weight is 312 g/mol. The number of halogens is 2. The van der Waals surface area contributed by atoms with Crippen LogP contribution in [0.5, 0.6) is 0 Å². The third-order valence-electron chi connectivity index (χ3n) is 1.71. The highest BCUT2D eigenvalue weighted by Gasteiger charge is 2.09. The molecule has 0 bridgehead atoms. The van der Waals surface area contributed by atoms with Crippen LogP contribution in [0.4, 0.5) is 0 Å². The molecule has 0 aliphatic carbocycles. The van der Waals surface area contributed by atoms with Crippen molar-refractivity contribution in [2.75, 3.05) is 13.7 Å². The fourth-order valence-corrected chi connectivity index (χ4v) is 2.34. The van der Waals surface area contributed by atoms with Crippen LogP contribution < -0.4 is 5.73 Å². The lowest BCUT2D eigenvalue weighted by Gasteiger charge is -2.12. The van der Waals surface area contributed by atoms with E-state index in [1.165, 1.54) is 0 Å². The van der Waals surface area contributed by atoms with E-state index in [0.717, 1.165) is 14.2 Å². The second-order valence-corrected chi connectivity index (χ2v) is 4.33. The quantitative estimate of drug-likeness (QED) is 0.871. The first-order valence-electron chi connectivity index (χ1n) is 3.84. The van der Waals surface area contributed by atoms with E-state index in [9.17, 15) is 0 Å². The Labute approximate surface area is 96.5 Å². The molecule has 0 saturated carbocycles. The molecule has 0 spiro atoms. The first-order chi connectivity index (χ1) is 6.15. The highest BCUT2D eigenvalue weighted by molar-refractivity contribution is 14.1. The molecule has 0 radical (unpaired) electrons. The number of hydrogen-bond acceptors (Lipinski definition) is 2. The van der Waals surface area contributed by atoms with Crippen molar-refractivity contribution in [1.29, 1.82) is 0 Å². The maximum absolute atomic E-state index is 5.88. The van der Waals surface area contributed by atoms with Gasteiger partial charge in [-0.3, -0.25) is 0 Å². The molecule has 4 heteroatoms. The van der Waals surface area contributed by atoms with Gasteiger partial charge < -0.3 is 10.5 Å². The van der Waals surface area contributed by atoms with Gasteiger partial charge in [-0.25, -0.2) is 0 Å². The molecule has 0 aliphatic rings. The molecule has 1 rings (SSSR count). The average Bonchev–Trinajstić information content (AvgIpc) is 2.04. The second-order valence-electron chi connectivity index (χ2n) is 2.73. The molecule has 1 unspecified atom stereocenters. The van der Waals surface area contributed by atoms with E-state index in [0.29, 0.717) is 6.61 Å². The molecule has 13 heavy (non-hydrogen) atoms. The molecule has 2 N–H and O–H groups in total. The third kappa shape index (κ3) is 3.09. The zero-order chi connectivity index (χ0) is 9.84. The van der Waals surface area contributed by atoms with Crippen LogP contribution >= 0.6 is 34.2 Å². The Morgan fingerprint density at radius 2 is 2.31 bits per heavy atom. The minimum absolute atomic E-state index is 0.0748. The first kappa shape index (κ1) is 11.2. The summed E-state index contributed by atoms with van der Waals surface area (Å²) < 4.78 is 6.06. The van der Waals surface area contributed by atoms with E-state index < -0.39 is 0 Å². The Morgan fingerprint density at radius 1 is 1.62 bits per heavy atom. The molecule has 1 aromatic rings. The summed E-state index contributed by atoms with van der Waals surface area (Å²) in [5.41, 5.74) is 6.96. The molecule has 1 aromatic carbocycles. The van der Waals surface area contributed by atoms with Gasteiger partial charge in [-0.1, -0.05) is 17.7 Å². The lowest BCUT2D eigenvalue weighted by molar-refractivity contribution is 0.180. The van der Waals surface area contributed by atoms with Gasteiger partial charge in [0.1, 0.15) is 0 Å². The van der Waals surface area contributed by atoms with E-state index in [2.05, 4.69) is 22.6 Å². The van der Waals surface area contributed by atoms with Crippen LogP contribution in [0.2, 0.25) is 5.02 Å². The van der Waals surface area contributed by atoms with Crippen molar-refractivity contribution >= 4 is 34.2 Å². The molecule has 0 aromatic heterocycles. The summed E-state index contributed by atoms with van der Waals surface area (Å²) in [6.07, 6.45) is 0. The van der Waals surface area contributed by atoms with Gasteiger partial charge in [0.15, 0.2) is 0 Å². The van der Waals surface area contributed by atoms with Crippen LogP contribution in [0, 0.1) is 3.57 Å². The van der Waals surface area contributed by atoms with Gasteiger partial charge in [0, 0.05) is 15.7 Å². The van der Waals surface area contributed by atoms with Crippen molar-refractivity contribution in [3.63, 3.8) is 0 Å². The number of rotatable bonds is 3. The van der Waals surface area contributed by atoms with Crippen molar-refractivity contribution in [2.45, 2.75) is 6.04 Å². The molecule has 2 nitrogen and oxygen atoms in total. The Kier molecular flexibility index (Phi) is 4.45. The van der Waals surface area contributed by atoms with Gasteiger partial charge in [0.05, 0.1) is 12.6 Å². The van der Waals surface area contributed by atoms with Crippen LogP contribution in [0.15, 0.2) is 18.2 Å². The molecule has 0 heterocycles. The molecule has 0 amide bonds. The van der Waals surface area contributed by atoms with E-state index in [4.69, 9.17) is 22.1 Å². The van der Waals surface area contributed by atoms with Crippen molar-refractivity contribution < 1.29 is 4.74 Å². The molecular weight excluding hydrogens is 300 g/mol. The smallest absolute Gasteiger partial charge is 0.0655 e. The summed E-state index contributed by atoms with van der Waals surface area (Å²) in [7, 11) is 1.64. The highest BCUT2D eigenvalue weighted by atomic mass is 127. The minimum atomic E-state index is -0.0748. The van der Waals surface area contributed by atoms with Crippen LogP contribution in [-0.2, 0) is 4.74 Å². The molecule has 0 saturated heterocycles. The normalized spacial score (nSPS) is 12.9. The van der Waals surface area contributed by atoms with Gasteiger partial charge in [-0.15, -0.1) is 0 Å². The number of hydrogen-bond donors (Lipinski definition) is 1. The predicted octanol–water partition coefficient (Wildman–Crippen LogP) is 2.59. The fourth-order valence-electron chi connectivity index (χ4n) is 1.07. The third-order valence-corrected chi connectivity index (χ3v) is 2.88. The van der Waals surface area contributed by atoms with Crippen LogP contribution in [-0.4, -0.2) is 13.7 Å². The summed E-state index contributed by atoms with van der Waals surface area (Å²) >= 11 is 8.04. The summed E-state index contributed by atoms with van der Waals surface area (Å²) in [6.45, 7) is 0.525. The number of methoxy groups -OCH3 is 1. The van der Waals surface area contributed by atoms with Gasteiger partial charge in [-0.2, -0.15) is 0 Å². The highest BCUT2D eigenvalue weighted by Crippen LogP contribution is 2.22. The minimum Gasteiger partial charge on any atom is -0.383 e. The van der Waals surface area contributed by atoms with Crippen LogP contribution in [0.1, 0.15) is 11.6 Å². The summed E-state index contributed by atoms with van der Waals surface area (Å²) in [6, 6.07) is 5.60. The molecule has 0 aliphatic heterocycles. The number of ether oxygens (including phenoxy) is 1. The van der Waals surface area contributed by atoms with Crippen molar-refractivity contribution in [3.8, 4) is 0 Å². The zero-order valence-electron chi connectivity index (χ0n) is 7.26. The van der Waals surface area contributed by atoms with Gasteiger partial charge in [0.2, 0.25) is 0 Å². The summed E-state index contributed by atoms with van der Waals surface area (Å²) in [4.78, 5) is 0. The van der Waals surface area contributed by atoms with Gasteiger partial charge in [0.25, 0.3) is 0 Å². The molecule has 1 atom stereocenters. The monoisotopic (exact) mass is 311 g/mol. The lowest BCUT2D eigenvalue weighted by Crippen LogP contribution is -2.17. The van der Waals surface area contributed by atoms with E-state index in [1.54, 1.807) is 7.11 Å². The number of benzene rings is 1. The summed E-state index contributed by atoms with van der Waals surface area (Å²) in [5.74, 6) is 0. The van der Waals surface area contributed by atoms with Crippen LogP contribution in [0.25, 0.3) is 0 Å². The topological polar surface area (TPSA) is 35.2 Å². The largest absolute Gasteiger partial charge is 0.383 e. The van der Waals surface area contributed by atoms with E-state index in [-0.39, 0.29) is 6.04 Å². The standard InChI is InChI=1S/C9H11ClINO/c1-13-5-9(12)7-3-2-6(10)4-8(7)11/h2-4,9H,5,12H2,1H3. The SMILES string of the molecule is COCC(N)c1ccc(Cl)cc1I. The maximum Gasteiger partial charge on any atom is 0.0655 e. The lowest BCUT2D eigenvalue weighted by atomic mass is 10.1. The molecule has 72 valence electrons. The Balaban J connectivity index is 2.88.